The van der Waals surface area contributed by atoms with E-state index in [4.69, 9.17) is 10.5 Å². The molecule has 2 amide bonds. The average Bonchev–Trinajstić information content (AvgIpc) is 2.70. The lowest BCUT2D eigenvalue weighted by Crippen LogP contribution is -2.24. The van der Waals surface area contributed by atoms with Crippen molar-refractivity contribution >= 4 is 29.3 Å². The fourth-order valence-corrected chi connectivity index (χ4v) is 2.55. The van der Waals surface area contributed by atoms with Crippen molar-refractivity contribution in [2.75, 3.05) is 17.8 Å². The van der Waals surface area contributed by atoms with E-state index in [1.807, 2.05) is 0 Å². The second-order valence-corrected chi connectivity index (χ2v) is 4.60. The molecular weight excluding hydrogens is 252 g/mol. The van der Waals surface area contributed by atoms with Crippen LogP contribution in [-0.4, -0.2) is 24.7 Å². The number of anilines is 1. The molecule has 18 heavy (non-hydrogen) atoms. The van der Waals surface area contributed by atoms with Crippen LogP contribution in [0.25, 0.3) is 0 Å². The Labute approximate surface area is 109 Å². The predicted octanol–water partition coefficient (Wildman–Crippen LogP) is 1.10. The number of carbonyl (C=O) groups excluding carboxylic acids is 2. The molecular formula is C12H12N2O3S. The molecule has 0 spiro atoms. The Morgan fingerprint density at radius 1 is 1.44 bits per heavy atom. The molecule has 1 fully saturated rings. The monoisotopic (exact) mass is 264 g/mol. The van der Waals surface area contributed by atoms with Crippen molar-refractivity contribution in [2.45, 2.75) is 0 Å². The third kappa shape index (κ3) is 2.48. The fraction of sp³-hybridized carbons (Fsp3) is 0.167. The number of hydrogen-bond acceptors (Lipinski definition) is 4. The molecule has 0 bridgehead atoms. The molecule has 1 heterocycles. The van der Waals surface area contributed by atoms with Gasteiger partial charge < -0.3 is 10.5 Å². The average molecular weight is 264 g/mol. The Hall–Kier alpha value is -1.95. The minimum absolute atomic E-state index is 0.0716. The molecule has 2 N–H and O–H groups in total. The van der Waals surface area contributed by atoms with Crippen molar-refractivity contribution in [1.29, 1.82) is 0 Å². The van der Waals surface area contributed by atoms with Crippen molar-refractivity contribution in [2.24, 2.45) is 5.73 Å². The van der Waals surface area contributed by atoms with Crippen molar-refractivity contribution in [3.63, 3.8) is 0 Å². The van der Waals surface area contributed by atoms with E-state index in [1.54, 1.807) is 31.4 Å². The highest BCUT2D eigenvalue weighted by molar-refractivity contribution is 8.04. The van der Waals surface area contributed by atoms with Crippen LogP contribution in [0, 0.1) is 0 Å². The summed E-state index contributed by atoms with van der Waals surface area (Å²) >= 11 is 1.30. The van der Waals surface area contributed by atoms with E-state index in [0.29, 0.717) is 22.2 Å². The summed E-state index contributed by atoms with van der Waals surface area (Å²) in [6, 6.07) is 7.04. The quantitative estimate of drug-likeness (QED) is 0.830. The predicted molar refractivity (Wildman–Crippen MR) is 70.2 cm³/mol. The number of carbonyl (C=O) groups is 2. The molecule has 0 atom stereocenters. The van der Waals surface area contributed by atoms with Gasteiger partial charge in [-0.15, -0.1) is 0 Å². The summed E-state index contributed by atoms with van der Waals surface area (Å²) < 4.78 is 5.05. The zero-order chi connectivity index (χ0) is 13.1. The van der Waals surface area contributed by atoms with Gasteiger partial charge >= 0.3 is 0 Å². The number of primary amides is 1. The van der Waals surface area contributed by atoms with Crippen LogP contribution < -0.4 is 15.4 Å². The summed E-state index contributed by atoms with van der Waals surface area (Å²) in [6.45, 7) is 0. The van der Waals surface area contributed by atoms with Crippen LogP contribution in [0.2, 0.25) is 0 Å². The summed E-state index contributed by atoms with van der Waals surface area (Å²) in [5.41, 5.74) is 5.81. The zero-order valence-electron chi connectivity index (χ0n) is 9.75. The molecule has 0 unspecified atom stereocenters. The molecule has 1 aliphatic heterocycles. The SMILES string of the molecule is COc1ccc(N2C(=O)CS/C2=C\C(N)=O)cc1. The highest BCUT2D eigenvalue weighted by atomic mass is 32.2. The van der Waals surface area contributed by atoms with Crippen LogP contribution in [0.1, 0.15) is 0 Å². The van der Waals surface area contributed by atoms with Crippen molar-refractivity contribution in [3.05, 3.63) is 35.4 Å². The van der Waals surface area contributed by atoms with E-state index in [-0.39, 0.29) is 5.91 Å². The first kappa shape index (κ1) is 12.5. The third-order valence-electron chi connectivity index (χ3n) is 2.41. The van der Waals surface area contributed by atoms with E-state index in [1.165, 1.54) is 22.7 Å². The molecule has 1 aromatic carbocycles. The van der Waals surface area contributed by atoms with Gasteiger partial charge in [0.25, 0.3) is 0 Å². The normalized spacial score (nSPS) is 17.3. The zero-order valence-corrected chi connectivity index (χ0v) is 10.6. The molecule has 94 valence electrons. The fourth-order valence-electron chi connectivity index (χ4n) is 1.62. The van der Waals surface area contributed by atoms with Gasteiger partial charge in [-0.2, -0.15) is 0 Å². The maximum Gasteiger partial charge on any atom is 0.244 e. The highest BCUT2D eigenvalue weighted by Crippen LogP contribution is 2.34. The van der Waals surface area contributed by atoms with Gasteiger partial charge in [0.1, 0.15) is 5.75 Å². The first-order valence-electron chi connectivity index (χ1n) is 5.23. The van der Waals surface area contributed by atoms with Crippen molar-refractivity contribution in [1.82, 2.24) is 0 Å². The van der Waals surface area contributed by atoms with Gasteiger partial charge in [0, 0.05) is 11.8 Å². The topological polar surface area (TPSA) is 72.6 Å². The molecule has 2 rings (SSSR count). The second-order valence-electron chi connectivity index (χ2n) is 3.60. The van der Waals surface area contributed by atoms with Crippen LogP contribution in [0.3, 0.4) is 0 Å². The number of amides is 2. The number of rotatable bonds is 3. The van der Waals surface area contributed by atoms with E-state index in [2.05, 4.69) is 0 Å². The Balaban J connectivity index is 2.33. The molecule has 0 saturated carbocycles. The van der Waals surface area contributed by atoms with Crippen LogP contribution in [-0.2, 0) is 9.59 Å². The summed E-state index contributed by atoms with van der Waals surface area (Å²) in [6.07, 6.45) is 1.26. The second kappa shape index (κ2) is 5.14. The van der Waals surface area contributed by atoms with E-state index < -0.39 is 5.91 Å². The van der Waals surface area contributed by atoms with Gasteiger partial charge in [-0.1, -0.05) is 11.8 Å². The molecule has 1 saturated heterocycles. The van der Waals surface area contributed by atoms with Crippen LogP contribution in [0.5, 0.6) is 5.75 Å². The van der Waals surface area contributed by atoms with Crippen LogP contribution >= 0.6 is 11.8 Å². The molecule has 1 aromatic rings. The Kier molecular flexibility index (Phi) is 3.57. The number of nitrogens with two attached hydrogens (primary N) is 1. The molecule has 6 heteroatoms. The number of hydrogen-bond donors (Lipinski definition) is 1. The maximum atomic E-state index is 11.8. The number of methoxy groups -OCH3 is 1. The number of benzene rings is 1. The lowest BCUT2D eigenvalue weighted by molar-refractivity contribution is -0.115. The summed E-state index contributed by atoms with van der Waals surface area (Å²) in [7, 11) is 1.57. The van der Waals surface area contributed by atoms with E-state index in [0.717, 1.165) is 0 Å². The van der Waals surface area contributed by atoms with Crippen molar-refractivity contribution < 1.29 is 14.3 Å². The highest BCUT2D eigenvalue weighted by Gasteiger charge is 2.28. The Bertz CT molecular complexity index is 511. The van der Waals surface area contributed by atoms with E-state index in [9.17, 15) is 9.59 Å². The molecule has 1 aliphatic rings. The Morgan fingerprint density at radius 3 is 2.67 bits per heavy atom. The minimum Gasteiger partial charge on any atom is -0.497 e. The lowest BCUT2D eigenvalue weighted by atomic mass is 10.2. The van der Waals surface area contributed by atoms with Gasteiger partial charge in [-0.3, -0.25) is 14.5 Å². The summed E-state index contributed by atoms with van der Waals surface area (Å²) in [5.74, 6) is 0.382. The smallest absolute Gasteiger partial charge is 0.244 e. The Morgan fingerprint density at radius 2 is 2.11 bits per heavy atom. The minimum atomic E-state index is -0.564. The largest absolute Gasteiger partial charge is 0.497 e. The molecule has 0 aromatic heterocycles. The number of thioether (sulfide) groups is 1. The van der Waals surface area contributed by atoms with Gasteiger partial charge in [0.2, 0.25) is 11.8 Å². The van der Waals surface area contributed by atoms with Gasteiger partial charge in [0.15, 0.2) is 0 Å². The first-order valence-corrected chi connectivity index (χ1v) is 6.21. The number of ether oxygens (including phenoxy) is 1. The van der Waals surface area contributed by atoms with Gasteiger partial charge in [0.05, 0.1) is 17.9 Å². The summed E-state index contributed by atoms with van der Waals surface area (Å²) in [5, 5.41) is 0.553. The van der Waals surface area contributed by atoms with Crippen LogP contribution in [0.15, 0.2) is 35.4 Å². The maximum absolute atomic E-state index is 11.8. The van der Waals surface area contributed by atoms with Gasteiger partial charge in [-0.25, -0.2) is 0 Å². The third-order valence-corrected chi connectivity index (χ3v) is 3.40. The van der Waals surface area contributed by atoms with Gasteiger partial charge in [-0.05, 0) is 24.3 Å². The molecule has 0 aliphatic carbocycles. The van der Waals surface area contributed by atoms with E-state index >= 15 is 0 Å². The number of nitrogens with zero attached hydrogens (tertiary/aromatic N) is 1. The van der Waals surface area contributed by atoms with Crippen LogP contribution in [0.4, 0.5) is 5.69 Å². The summed E-state index contributed by atoms with van der Waals surface area (Å²) in [4.78, 5) is 24.2. The molecule has 5 nitrogen and oxygen atoms in total. The standard InChI is InChI=1S/C12H12N2O3S/c1-17-9-4-2-8(3-5-9)14-11(16)7-18-12(14)6-10(13)15/h2-6H,7H2,1H3,(H2,13,15)/b12-6-. The lowest BCUT2D eigenvalue weighted by Gasteiger charge is -2.17. The molecule has 0 radical (unpaired) electrons. The first-order chi connectivity index (χ1) is 8.61. The van der Waals surface area contributed by atoms with Crippen molar-refractivity contribution in [3.8, 4) is 5.75 Å².